The summed E-state index contributed by atoms with van der Waals surface area (Å²) in [5.74, 6) is 3.02. The maximum absolute atomic E-state index is 13.3. The summed E-state index contributed by atoms with van der Waals surface area (Å²) in [6.45, 7) is 34.1. The SMILES string of the molecule is CC(C)[Si](Oc1cc(O[Si](C(C)C)(C(C)C)C(C)C)cc([C@@H](O)[C@@H](C)CCC(=O)[C@@H](C)C[C@H](C)/C=C\C2CCCCC2)c1)(C(C)C)C(C)C. The number of hydrogen-bond donors (Lipinski definition) is 1. The van der Waals surface area contributed by atoms with Crippen LogP contribution in [0.15, 0.2) is 30.4 Å². The second kappa shape index (κ2) is 19.5. The molecule has 49 heavy (non-hydrogen) atoms. The monoisotopic (exact) mass is 715 g/mol. The summed E-state index contributed by atoms with van der Waals surface area (Å²) < 4.78 is 14.4. The summed E-state index contributed by atoms with van der Waals surface area (Å²) in [6.07, 6.45) is 12.8. The lowest BCUT2D eigenvalue weighted by molar-refractivity contribution is -0.123. The van der Waals surface area contributed by atoms with E-state index in [-0.39, 0.29) is 11.8 Å². The molecule has 0 saturated heterocycles. The molecule has 0 unspecified atom stereocenters. The molecule has 4 nitrogen and oxygen atoms in total. The number of benzene rings is 1. The number of carbonyl (C=O) groups is 1. The summed E-state index contributed by atoms with van der Waals surface area (Å²) in [6, 6.07) is 6.24. The van der Waals surface area contributed by atoms with Crippen molar-refractivity contribution < 1.29 is 18.8 Å². The number of rotatable bonds is 20. The van der Waals surface area contributed by atoms with Gasteiger partial charge in [0.15, 0.2) is 0 Å². The molecule has 1 aromatic carbocycles. The Kier molecular flexibility index (Phi) is 17.4. The zero-order valence-electron chi connectivity index (χ0n) is 34.6. The molecule has 4 atom stereocenters. The van der Waals surface area contributed by atoms with Gasteiger partial charge in [-0.3, -0.25) is 4.79 Å². The van der Waals surface area contributed by atoms with Gasteiger partial charge in [-0.2, -0.15) is 0 Å². The van der Waals surface area contributed by atoms with Crippen LogP contribution in [0.4, 0.5) is 0 Å². The Morgan fingerprint density at radius 2 is 1.14 bits per heavy atom. The van der Waals surface area contributed by atoms with E-state index in [4.69, 9.17) is 8.85 Å². The molecule has 1 saturated carbocycles. The van der Waals surface area contributed by atoms with Crippen molar-refractivity contribution in [1.29, 1.82) is 0 Å². The van der Waals surface area contributed by atoms with Crippen molar-refractivity contribution in [2.24, 2.45) is 23.7 Å². The first-order valence-electron chi connectivity index (χ1n) is 20.2. The fourth-order valence-corrected chi connectivity index (χ4v) is 20.0. The lowest BCUT2D eigenvalue weighted by Gasteiger charge is -2.43. The maximum Gasteiger partial charge on any atom is 0.258 e. The van der Waals surface area contributed by atoms with Crippen LogP contribution in [0.25, 0.3) is 0 Å². The molecule has 0 radical (unpaired) electrons. The van der Waals surface area contributed by atoms with E-state index < -0.39 is 22.7 Å². The molecular weight excluding hydrogens is 637 g/mol. The molecule has 1 aliphatic carbocycles. The third kappa shape index (κ3) is 11.3. The summed E-state index contributed by atoms with van der Waals surface area (Å²) >= 11 is 0. The third-order valence-corrected chi connectivity index (χ3v) is 24.3. The standard InChI is InChI=1S/C43H78O4Si2/c1-29(2)48(30(3)4,31(5)6)46-40-26-39(27-41(28-40)47-49(32(7)8,33(9)10)34(11)12)43(45)36(14)22-24-42(44)37(15)25-35(13)21-23-38-19-17-16-18-20-38/h21,23,26-38,43,45H,16-20,22,24-25H2,1-15H3/b23-21-/t35-,36+,37+,43+/m1/s1. The third-order valence-electron chi connectivity index (χ3n) is 12.3. The Morgan fingerprint density at radius 1 is 0.714 bits per heavy atom. The van der Waals surface area contributed by atoms with E-state index in [0.29, 0.717) is 57.8 Å². The Bertz CT molecular complexity index is 1070. The average molecular weight is 715 g/mol. The molecule has 1 aliphatic rings. The molecule has 0 heterocycles. The van der Waals surface area contributed by atoms with E-state index in [9.17, 15) is 9.90 Å². The number of hydrogen-bond acceptors (Lipinski definition) is 4. The van der Waals surface area contributed by atoms with E-state index in [1.165, 1.54) is 32.1 Å². The van der Waals surface area contributed by atoms with E-state index in [1.54, 1.807) is 0 Å². The van der Waals surface area contributed by atoms with Crippen molar-refractivity contribution in [3.05, 3.63) is 35.9 Å². The molecule has 1 fully saturated rings. The van der Waals surface area contributed by atoms with Gasteiger partial charge in [0, 0.05) is 18.4 Å². The molecular formula is C43H78O4Si2. The van der Waals surface area contributed by atoms with Crippen LogP contribution in [-0.2, 0) is 4.79 Å². The van der Waals surface area contributed by atoms with Gasteiger partial charge in [-0.1, -0.05) is 135 Å². The molecule has 1 aromatic rings. The molecule has 0 amide bonds. The molecule has 0 bridgehead atoms. The van der Waals surface area contributed by atoms with Gasteiger partial charge >= 0.3 is 0 Å². The van der Waals surface area contributed by atoms with E-state index in [1.807, 2.05) is 0 Å². The summed E-state index contributed by atoms with van der Waals surface area (Å²) in [4.78, 5) is 13.3. The van der Waals surface area contributed by atoms with E-state index in [2.05, 4.69) is 134 Å². The van der Waals surface area contributed by atoms with Crippen LogP contribution < -0.4 is 8.85 Å². The van der Waals surface area contributed by atoms with Crippen molar-refractivity contribution in [3.63, 3.8) is 0 Å². The highest BCUT2D eigenvalue weighted by Gasteiger charge is 2.48. The molecule has 282 valence electrons. The van der Waals surface area contributed by atoms with Crippen molar-refractivity contribution in [1.82, 2.24) is 0 Å². The quantitative estimate of drug-likeness (QED) is 0.108. The minimum Gasteiger partial charge on any atom is -0.543 e. The lowest BCUT2D eigenvalue weighted by atomic mass is 9.86. The van der Waals surface area contributed by atoms with Crippen molar-refractivity contribution in [3.8, 4) is 11.5 Å². The van der Waals surface area contributed by atoms with Gasteiger partial charge in [0.25, 0.3) is 16.6 Å². The number of aliphatic hydroxyl groups is 1. The van der Waals surface area contributed by atoms with Crippen LogP contribution in [-0.4, -0.2) is 27.5 Å². The zero-order valence-corrected chi connectivity index (χ0v) is 36.6. The van der Waals surface area contributed by atoms with Crippen LogP contribution >= 0.6 is 0 Å². The fourth-order valence-electron chi connectivity index (χ4n) is 9.54. The predicted molar refractivity (Wildman–Crippen MR) is 217 cm³/mol. The number of carbonyl (C=O) groups excluding carboxylic acids is 1. The van der Waals surface area contributed by atoms with Gasteiger partial charge in [0.2, 0.25) is 0 Å². The second-order valence-electron chi connectivity index (χ2n) is 17.9. The highest BCUT2D eigenvalue weighted by molar-refractivity contribution is 6.78. The Morgan fingerprint density at radius 3 is 1.55 bits per heavy atom. The minimum atomic E-state index is -2.25. The van der Waals surface area contributed by atoms with Gasteiger partial charge in [-0.25, -0.2) is 0 Å². The molecule has 2 rings (SSSR count). The topological polar surface area (TPSA) is 55.8 Å². The fraction of sp³-hybridized carbons (Fsp3) is 0.791. The predicted octanol–water partition coefficient (Wildman–Crippen LogP) is 13.6. The van der Waals surface area contributed by atoms with E-state index in [0.717, 1.165) is 29.4 Å². The van der Waals surface area contributed by atoms with Gasteiger partial charge in [0.05, 0.1) is 6.10 Å². The Hall–Kier alpha value is -1.38. The van der Waals surface area contributed by atoms with Gasteiger partial charge < -0.3 is 14.0 Å². The van der Waals surface area contributed by atoms with Crippen molar-refractivity contribution in [2.75, 3.05) is 0 Å². The van der Waals surface area contributed by atoms with Gasteiger partial charge in [0.1, 0.15) is 17.3 Å². The Balaban J connectivity index is 2.34. The molecule has 0 aromatic heterocycles. The van der Waals surface area contributed by atoms with E-state index >= 15 is 0 Å². The first kappa shape index (κ1) is 43.8. The maximum atomic E-state index is 13.3. The molecule has 1 N–H and O–H groups in total. The Labute approximate surface area is 305 Å². The van der Waals surface area contributed by atoms with Crippen molar-refractivity contribution >= 4 is 22.4 Å². The highest BCUT2D eigenvalue weighted by Crippen LogP contribution is 2.47. The smallest absolute Gasteiger partial charge is 0.258 e. The van der Waals surface area contributed by atoms with Crippen LogP contribution in [0.1, 0.15) is 167 Å². The van der Waals surface area contributed by atoms with Crippen LogP contribution in [0.2, 0.25) is 33.2 Å². The summed E-state index contributed by atoms with van der Waals surface area (Å²) in [5, 5.41) is 11.9. The molecule has 6 heteroatoms. The highest BCUT2D eigenvalue weighted by atomic mass is 28.4. The minimum absolute atomic E-state index is 0.0226. The summed E-state index contributed by atoms with van der Waals surface area (Å²) in [5.41, 5.74) is 3.41. The zero-order chi connectivity index (χ0) is 37.3. The number of allylic oxidation sites excluding steroid dienone is 2. The van der Waals surface area contributed by atoms with Crippen LogP contribution in [0, 0.1) is 23.7 Å². The van der Waals surface area contributed by atoms with Crippen molar-refractivity contribution in [2.45, 2.75) is 195 Å². The van der Waals surface area contributed by atoms with Gasteiger partial charge in [-0.15, -0.1) is 0 Å². The van der Waals surface area contributed by atoms with Crippen LogP contribution in [0.3, 0.4) is 0 Å². The second-order valence-corrected chi connectivity index (χ2v) is 28.7. The van der Waals surface area contributed by atoms with Crippen LogP contribution in [0.5, 0.6) is 11.5 Å². The lowest BCUT2D eigenvalue weighted by Crippen LogP contribution is -2.51. The average Bonchev–Trinajstić information content (AvgIpc) is 3.02. The number of Topliss-reactive ketones (excluding diaryl/α,β-unsaturated/α-hetero) is 1. The normalized spacial score (nSPS) is 17.9. The molecule has 0 spiro atoms. The largest absolute Gasteiger partial charge is 0.543 e. The first-order chi connectivity index (χ1) is 22.8. The number of aliphatic hydroxyl groups excluding tert-OH is 1. The first-order valence-corrected chi connectivity index (χ1v) is 24.5. The summed E-state index contributed by atoms with van der Waals surface area (Å²) in [7, 11) is -4.50. The number of ketones is 1. The van der Waals surface area contributed by atoms with Gasteiger partial charge in [-0.05, 0) is 94.4 Å². The molecule has 0 aliphatic heterocycles.